The lowest BCUT2D eigenvalue weighted by molar-refractivity contribution is 0.194. The third kappa shape index (κ3) is 3.41. The van der Waals surface area contributed by atoms with E-state index < -0.39 is 0 Å². The zero-order chi connectivity index (χ0) is 10.8. The average molecular weight is 293 g/mol. The number of hydrogen-bond donors (Lipinski definition) is 1. The largest absolute Gasteiger partial charge is 0.472 e. The van der Waals surface area contributed by atoms with Gasteiger partial charge in [-0.15, -0.1) is 24.8 Å². The Morgan fingerprint density at radius 1 is 1.22 bits per heavy atom. The Balaban J connectivity index is 0.000000810. The minimum Gasteiger partial charge on any atom is -0.472 e. The summed E-state index contributed by atoms with van der Waals surface area (Å²) in [6.07, 6.45) is 7.73. The van der Waals surface area contributed by atoms with Gasteiger partial charge in [0.25, 0.3) is 0 Å². The SMILES string of the molecule is Cl.Cl.c1cc(CN2CCC3(CCNCC3)C2)co1. The number of nitrogens with zero attached hydrogens (tertiary/aromatic N) is 1. The lowest BCUT2D eigenvalue weighted by atomic mass is 9.78. The quantitative estimate of drug-likeness (QED) is 0.909. The van der Waals surface area contributed by atoms with E-state index in [0.29, 0.717) is 5.41 Å². The Hall–Kier alpha value is -0.220. The monoisotopic (exact) mass is 292 g/mol. The van der Waals surface area contributed by atoms with Gasteiger partial charge >= 0.3 is 0 Å². The first-order valence-electron chi connectivity index (χ1n) is 6.31. The Kier molecular flexibility index (Phi) is 5.99. The van der Waals surface area contributed by atoms with Gasteiger partial charge in [0.2, 0.25) is 0 Å². The van der Waals surface area contributed by atoms with Gasteiger partial charge in [-0.25, -0.2) is 0 Å². The molecular weight excluding hydrogens is 271 g/mol. The number of halogens is 2. The predicted molar refractivity (Wildman–Crippen MR) is 77.6 cm³/mol. The van der Waals surface area contributed by atoms with Crippen LogP contribution in [0, 0.1) is 5.41 Å². The summed E-state index contributed by atoms with van der Waals surface area (Å²) in [6, 6.07) is 2.08. The zero-order valence-corrected chi connectivity index (χ0v) is 12.2. The summed E-state index contributed by atoms with van der Waals surface area (Å²) in [7, 11) is 0. The van der Waals surface area contributed by atoms with Gasteiger partial charge in [0.1, 0.15) is 0 Å². The third-order valence-corrected chi connectivity index (χ3v) is 4.17. The van der Waals surface area contributed by atoms with Gasteiger partial charge in [0, 0.05) is 18.7 Å². The molecule has 0 amide bonds. The topological polar surface area (TPSA) is 28.4 Å². The summed E-state index contributed by atoms with van der Waals surface area (Å²) >= 11 is 0. The van der Waals surface area contributed by atoms with E-state index in [-0.39, 0.29) is 24.8 Å². The van der Waals surface area contributed by atoms with E-state index in [2.05, 4.69) is 16.3 Å². The van der Waals surface area contributed by atoms with Crippen molar-refractivity contribution in [3.05, 3.63) is 24.2 Å². The lowest BCUT2D eigenvalue weighted by Gasteiger charge is -2.33. The van der Waals surface area contributed by atoms with Crippen LogP contribution < -0.4 is 5.32 Å². The lowest BCUT2D eigenvalue weighted by Crippen LogP contribution is -2.38. The molecule has 1 spiro atoms. The first-order valence-corrected chi connectivity index (χ1v) is 6.31. The molecule has 3 heterocycles. The Morgan fingerprint density at radius 2 is 2.00 bits per heavy atom. The highest BCUT2D eigenvalue weighted by Crippen LogP contribution is 2.38. The number of nitrogens with one attached hydrogen (secondary N) is 1. The van der Waals surface area contributed by atoms with E-state index in [4.69, 9.17) is 4.42 Å². The van der Waals surface area contributed by atoms with Gasteiger partial charge in [-0.1, -0.05) is 0 Å². The highest BCUT2D eigenvalue weighted by molar-refractivity contribution is 5.85. The van der Waals surface area contributed by atoms with Gasteiger partial charge in [0.05, 0.1) is 12.5 Å². The van der Waals surface area contributed by atoms with Crippen LogP contribution in [0.1, 0.15) is 24.8 Å². The van der Waals surface area contributed by atoms with Crippen molar-refractivity contribution in [2.45, 2.75) is 25.8 Å². The summed E-state index contributed by atoms with van der Waals surface area (Å²) < 4.78 is 5.13. The number of furan rings is 1. The maximum atomic E-state index is 5.13. The third-order valence-electron chi connectivity index (χ3n) is 4.17. The van der Waals surface area contributed by atoms with Gasteiger partial charge in [-0.3, -0.25) is 4.90 Å². The zero-order valence-electron chi connectivity index (χ0n) is 10.6. The second kappa shape index (κ2) is 6.80. The molecule has 0 radical (unpaired) electrons. The molecule has 1 N–H and O–H groups in total. The van der Waals surface area contributed by atoms with Crippen LogP contribution in [-0.2, 0) is 6.54 Å². The van der Waals surface area contributed by atoms with Crippen molar-refractivity contribution in [2.75, 3.05) is 26.2 Å². The van der Waals surface area contributed by atoms with Crippen LogP contribution in [0.25, 0.3) is 0 Å². The molecule has 0 atom stereocenters. The van der Waals surface area contributed by atoms with E-state index in [9.17, 15) is 0 Å². The smallest absolute Gasteiger partial charge is 0.0947 e. The molecule has 0 saturated carbocycles. The molecule has 5 heteroatoms. The van der Waals surface area contributed by atoms with Gasteiger partial charge in [-0.05, 0) is 50.4 Å². The molecule has 0 bridgehead atoms. The van der Waals surface area contributed by atoms with Crippen molar-refractivity contribution in [3.63, 3.8) is 0 Å². The van der Waals surface area contributed by atoms with Crippen LogP contribution in [0.4, 0.5) is 0 Å². The first kappa shape index (κ1) is 15.8. The highest BCUT2D eigenvalue weighted by atomic mass is 35.5. The molecule has 18 heavy (non-hydrogen) atoms. The van der Waals surface area contributed by atoms with Crippen molar-refractivity contribution >= 4 is 24.8 Å². The molecule has 0 aromatic carbocycles. The molecule has 3 nitrogen and oxygen atoms in total. The number of hydrogen-bond acceptors (Lipinski definition) is 3. The van der Waals surface area contributed by atoms with Crippen LogP contribution >= 0.6 is 24.8 Å². The molecule has 0 aliphatic carbocycles. The summed E-state index contributed by atoms with van der Waals surface area (Å²) in [4.78, 5) is 2.58. The maximum Gasteiger partial charge on any atom is 0.0947 e. The average Bonchev–Trinajstić information content (AvgIpc) is 2.92. The molecule has 2 aliphatic rings. The second-order valence-electron chi connectivity index (χ2n) is 5.34. The van der Waals surface area contributed by atoms with E-state index in [1.54, 1.807) is 6.26 Å². The first-order chi connectivity index (χ1) is 7.86. The molecule has 1 aromatic heterocycles. The Bertz CT molecular complexity index is 337. The molecule has 3 rings (SSSR count). The normalized spacial score (nSPS) is 22.4. The summed E-state index contributed by atoms with van der Waals surface area (Å²) in [5, 5.41) is 3.46. The van der Waals surface area contributed by atoms with Crippen molar-refractivity contribution in [1.82, 2.24) is 10.2 Å². The summed E-state index contributed by atoms with van der Waals surface area (Å²) in [5.41, 5.74) is 1.93. The van der Waals surface area contributed by atoms with Crippen LogP contribution in [0.2, 0.25) is 0 Å². The van der Waals surface area contributed by atoms with Gasteiger partial charge < -0.3 is 9.73 Å². The molecule has 0 unspecified atom stereocenters. The fourth-order valence-corrected chi connectivity index (χ4v) is 3.17. The van der Waals surface area contributed by atoms with E-state index in [1.807, 2.05) is 6.26 Å². The molecular formula is C13H22Cl2N2O. The maximum absolute atomic E-state index is 5.13. The Labute approximate surface area is 121 Å². The molecule has 2 saturated heterocycles. The van der Waals surface area contributed by atoms with Crippen LogP contribution in [0.3, 0.4) is 0 Å². The predicted octanol–water partition coefficient (Wildman–Crippen LogP) is 2.70. The minimum absolute atomic E-state index is 0. The van der Waals surface area contributed by atoms with Crippen LogP contribution in [0.5, 0.6) is 0 Å². The van der Waals surface area contributed by atoms with Crippen LogP contribution in [0.15, 0.2) is 23.0 Å². The fourth-order valence-electron chi connectivity index (χ4n) is 3.17. The fraction of sp³-hybridized carbons (Fsp3) is 0.692. The molecule has 104 valence electrons. The standard InChI is InChI=1S/C13H20N2O.2ClH/c1-8-16-10-12(1)9-15-7-4-13(11-15)2-5-14-6-3-13;;/h1,8,10,14H,2-7,9,11H2;2*1H. The second-order valence-corrected chi connectivity index (χ2v) is 5.34. The van der Waals surface area contributed by atoms with Crippen molar-refractivity contribution in [3.8, 4) is 0 Å². The van der Waals surface area contributed by atoms with Crippen molar-refractivity contribution in [1.29, 1.82) is 0 Å². The number of likely N-dealkylation sites (tertiary alicyclic amines) is 1. The highest BCUT2D eigenvalue weighted by Gasteiger charge is 2.38. The van der Waals surface area contributed by atoms with Crippen LogP contribution in [-0.4, -0.2) is 31.1 Å². The van der Waals surface area contributed by atoms with E-state index in [1.165, 1.54) is 51.0 Å². The van der Waals surface area contributed by atoms with E-state index in [0.717, 1.165) is 6.54 Å². The molecule has 1 aromatic rings. The summed E-state index contributed by atoms with van der Waals surface area (Å²) in [5.74, 6) is 0. The van der Waals surface area contributed by atoms with Crippen molar-refractivity contribution in [2.24, 2.45) is 5.41 Å². The number of piperidine rings is 1. The van der Waals surface area contributed by atoms with Crippen molar-refractivity contribution < 1.29 is 4.42 Å². The molecule has 2 fully saturated rings. The Morgan fingerprint density at radius 3 is 2.67 bits per heavy atom. The summed E-state index contributed by atoms with van der Waals surface area (Å²) in [6.45, 7) is 6.01. The minimum atomic E-state index is 0. The molecule has 2 aliphatic heterocycles. The number of rotatable bonds is 2. The van der Waals surface area contributed by atoms with E-state index >= 15 is 0 Å². The van der Waals surface area contributed by atoms with Gasteiger partial charge in [0.15, 0.2) is 0 Å². The van der Waals surface area contributed by atoms with Gasteiger partial charge in [-0.2, -0.15) is 0 Å².